The molecule has 33 heavy (non-hydrogen) atoms. The second kappa shape index (κ2) is 10.7. The predicted octanol–water partition coefficient (Wildman–Crippen LogP) is 2.64. The highest BCUT2D eigenvalue weighted by atomic mass is 32.1. The number of benzene rings is 1. The van der Waals surface area contributed by atoms with Crippen molar-refractivity contribution in [1.82, 2.24) is 19.7 Å². The maximum Gasteiger partial charge on any atom is 0.277 e. The number of hydrogen-bond acceptors (Lipinski definition) is 8. The summed E-state index contributed by atoms with van der Waals surface area (Å²) in [4.78, 5) is 31.6. The van der Waals surface area contributed by atoms with Gasteiger partial charge in [-0.3, -0.25) is 19.8 Å². The molecule has 0 unspecified atom stereocenters. The van der Waals surface area contributed by atoms with Gasteiger partial charge < -0.3 is 9.47 Å². The summed E-state index contributed by atoms with van der Waals surface area (Å²) in [5, 5.41) is 9.40. The number of anilines is 1. The molecule has 4 rings (SSSR count). The Morgan fingerprint density at radius 3 is 2.70 bits per heavy atom. The molecule has 1 amide bonds. The van der Waals surface area contributed by atoms with Crippen LogP contribution in [-0.2, 0) is 17.8 Å². The van der Waals surface area contributed by atoms with Crippen LogP contribution in [0.25, 0.3) is 0 Å². The van der Waals surface area contributed by atoms with Crippen LogP contribution >= 0.6 is 11.3 Å². The quantitative estimate of drug-likeness (QED) is 0.542. The van der Waals surface area contributed by atoms with E-state index in [0.29, 0.717) is 17.4 Å². The van der Waals surface area contributed by atoms with E-state index in [1.807, 2.05) is 35.7 Å². The Bertz CT molecular complexity index is 1120. The van der Waals surface area contributed by atoms with E-state index in [-0.39, 0.29) is 36.6 Å². The molecule has 2 atom stereocenters. The summed E-state index contributed by atoms with van der Waals surface area (Å²) in [7, 11) is 0. The van der Waals surface area contributed by atoms with Gasteiger partial charge in [0.15, 0.2) is 5.13 Å². The average Bonchev–Trinajstić information content (AvgIpc) is 3.21. The third-order valence-corrected chi connectivity index (χ3v) is 5.87. The zero-order chi connectivity index (χ0) is 23.2. The molecule has 2 aromatic heterocycles. The number of rotatable bonds is 8. The molecule has 0 radical (unpaired) electrons. The first-order chi connectivity index (χ1) is 16.0. The van der Waals surface area contributed by atoms with E-state index in [4.69, 9.17) is 9.47 Å². The first-order valence-electron chi connectivity index (χ1n) is 10.9. The molecule has 3 aromatic rings. The molecule has 0 bridgehead atoms. The number of thiazole rings is 1. The van der Waals surface area contributed by atoms with Gasteiger partial charge in [-0.15, -0.1) is 11.3 Å². The summed E-state index contributed by atoms with van der Waals surface area (Å²) < 4.78 is 12.6. The van der Waals surface area contributed by atoms with Gasteiger partial charge in [-0.1, -0.05) is 18.2 Å². The second-order valence-electron chi connectivity index (χ2n) is 7.99. The number of carbonyl (C=O) groups is 1. The molecule has 10 heteroatoms. The lowest BCUT2D eigenvalue weighted by atomic mass is 10.2. The number of para-hydroxylation sites is 1. The molecule has 9 nitrogen and oxygen atoms in total. The molecule has 1 saturated heterocycles. The Morgan fingerprint density at radius 1 is 1.18 bits per heavy atom. The normalized spacial score (nSPS) is 18.7. The topological polar surface area (TPSA) is 98.6 Å². The van der Waals surface area contributed by atoms with Crippen LogP contribution in [0, 0.1) is 0 Å². The van der Waals surface area contributed by atoms with E-state index in [1.54, 1.807) is 0 Å². The molecule has 1 fully saturated rings. The lowest BCUT2D eigenvalue weighted by Gasteiger charge is -2.34. The maximum atomic E-state index is 12.7. The van der Waals surface area contributed by atoms with Crippen molar-refractivity contribution in [2.45, 2.75) is 39.1 Å². The van der Waals surface area contributed by atoms with Gasteiger partial charge in [-0.2, -0.15) is 5.10 Å². The monoisotopic (exact) mass is 469 g/mol. The molecular formula is C23H27N5O4S. The summed E-state index contributed by atoms with van der Waals surface area (Å²) >= 11 is 1.36. The van der Waals surface area contributed by atoms with Gasteiger partial charge in [-0.25, -0.2) is 9.67 Å². The number of amides is 1. The van der Waals surface area contributed by atoms with Crippen LogP contribution in [0.1, 0.15) is 30.0 Å². The summed E-state index contributed by atoms with van der Waals surface area (Å²) in [6.45, 7) is 7.02. The van der Waals surface area contributed by atoms with Crippen molar-refractivity contribution >= 4 is 22.4 Å². The van der Waals surface area contributed by atoms with E-state index < -0.39 is 5.91 Å². The fourth-order valence-electron chi connectivity index (χ4n) is 3.74. The third-order valence-electron chi connectivity index (χ3n) is 5.07. The van der Waals surface area contributed by atoms with Crippen molar-refractivity contribution in [1.29, 1.82) is 0 Å². The largest absolute Gasteiger partial charge is 0.492 e. The number of morpholine rings is 1. The van der Waals surface area contributed by atoms with Crippen molar-refractivity contribution in [2.75, 3.05) is 25.0 Å². The number of nitrogens with zero attached hydrogens (tertiary/aromatic N) is 4. The third kappa shape index (κ3) is 6.47. The fraction of sp³-hybridized carbons (Fsp3) is 0.391. The number of nitrogens with one attached hydrogen (secondary N) is 1. The molecule has 1 N–H and O–H groups in total. The van der Waals surface area contributed by atoms with Gasteiger partial charge in [-0.05, 0) is 32.0 Å². The Hall–Kier alpha value is -3.08. The smallest absolute Gasteiger partial charge is 0.277 e. The number of hydrogen-bond donors (Lipinski definition) is 1. The highest BCUT2D eigenvalue weighted by Gasteiger charge is 2.23. The highest BCUT2D eigenvalue weighted by Crippen LogP contribution is 2.19. The number of ether oxygens (including phenoxy) is 2. The van der Waals surface area contributed by atoms with Crippen LogP contribution in [0.15, 0.2) is 52.6 Å². The average molecular weight is 470 g/mol. The Labute approximate surface area is 196 Å². The van der Waals surface area contributed by atoms with E-state index in [1.165, 1.54) is 28.2 Å². The first kappa shape index (κ1) is 23.1. The first-order valence-corrected chi connectivity index (χ1v) is 11.7. The Morgan fingerprint density at radius 2 is 1.94 bits per heavy atom. The number of aromatic nitrogens is 3. The second-order valence-corrected chi connectivity index (χ2v) is 8.85. The summed E-state index contributed by atoms with van der Waals surface area (Å²) in [6.07, 6.45) is 0.373. The van der Waals surface area contributed by atoms with Gasteiger partial charge in [0.2, 0.25) is 0 Å². The molecule has 0 spiro atoms. The van der Waals surface area contributed by atoms with E-state index in [9.17, 15) is 9.59 Å². The molecule has 1 aliphatic rings. The van der Waals surface area contributed by atoms with Crippen molar-refractivity contribution in [2.24, 2.45) is 0 Å². The highest BCUT2D eigenvalue weighted by molar-refractivity contribution is 7.13. The molecule has 0 aliphatic carbocycles. The van der Waals surface area contributed by atoms with Gasteiger partial charge in [0.05, 0.1) is 24.4 Å². The van der Waals surface area contributed by atoms with Crippen LogP contribution in [0.3, 0.4) is 0 Å². The van der Waals surface area contributed by atoms with Crippen LogP contribution in [0.4, 0.5) is 5.13 Å². The minimum Gasteiger partial charge on any atom is -0.492 e. The van der Waals surface area contributed by atoms with Gasteiger partial charge in [0.25, 0.3) is 11.5 Å². The minimum atomic E-state index is -0.415. The lowest BCUT2D eigenvalue weighted by Crippen LogP contribution is -2.44. The molecule has 1 aliphatic heterocycles. The minimum absolute atomic E-state index is 0.141. The molecule has 0 saturated carbocycles. The Kier molecular flexibility index (Phi) is 7.48. The van der Waals surface area contributed by atoms with Crippen LogP contribution < -0.4 is 15.6 Å². The van der Waals surface area contributed by atoms with Crippen LogP contribution in [-0.4, -0.2) is 57.5 Å². The SMILES string of the molecule is C[C@@H]1CN(Cc2csc(NC(=O)c3ccc(=O)n(CCOc4ccccc4)n3)n2)C[C@@H](C)O1. The summed E-state index contributed by atoms with van der Waals surface area (Å²) in [5.74, 6) is 0.294. The van der Waals surface area contributed by atoms with Gasteiger partial charge in [0, 0.05) is 31.1 Å². The van der Waals surface area contributed by atoms with Crippen molar-refractivity contribution in [3.05, 3.63) is 69.6 Å². The van der Waals surface area contributed by atoms with Gasteiger partial charge >= 0.3 is 0 Å². The van der Waals surface area contributed by atoms with E-state index in [0.717, 1.165) is 18.8 Å². The Balaban J connectivity index is 1.34. The predicted molar refractivity (Wildman–Crippen MR) is 126 cm³/mol. The molecule has 3 heterocycles. The van der Waals surface area contributed by atoms with Crippen molar-refractivity contribution in [3.8, 4) is 5.75 Å². The molecular weight excluding hydrogens is 442 g/mol. The van der Waals surface area contributed by atoms with E-state index in [2.05, 4.69) is 34.1 Å². The summed E-state index contributed by atoms with van der Waals surface area (Å²) in [5.41, 5.74) is 0.739. The fourth-order valence-corrected chi connectivity index (χ4v) is 4.43. The standard InChI is InChI=1S/C23H27N5O4S/c1-16-12-27(13-17(2)32-16)14-18-15-33-23(24-18)25-22(30)20-8-9-21(29)28(26-20)10-11-31-19-6-4-3-5-7-19/h3-9,15-17H,10-14H2,1-2H3,(H,24,25,30)/t16-,17-/m1/s1. The molecule has 174 valence electrons. The van der Waals surface area contributed by atoms with Gasteiger partial charge in [0.1, 0.15) is 18.1 Å². The zero-order valence-electron chi connectivity index (χ0n) is 18.6. The summed E-state index contributed by atoms with van der Waals surface area (Å²) in [6, 6.07) is 12.1. The zero-order valence-corrected chi connectivity index (χ0v) is 19.5. The van der Waals surface area contributed by atoms with Crippen molar-refractivity contribution < 1.29 is 14.3 Å². The number of carbonyl (C=O) groups excluding carboxylic acids is 1. The lowest BCUT2D eigenvalue weighted by molar-refractivity contribution is -0.0707. The van der Waals surface area contributed by atoms with Crippen molar-refractivity contribution in [3.63, 3.8) is 0 Å². The van der Waals surface area contributed by atoms with Crippen LogP contribution in [0.5, 0.6) is 5.75 Å². The molecule has 1 aromatic carbocycles. The maximum absolute atomic E-state index is 12.7. The van der Waals surface area contributed by atoms with Crippen LogP contribution in [0.2, 0.25) is 0 Å². The van der Waals surface area contributed by atoms with E-state index >= 15 is 0 Å².